The lowest BCUT2D eigenvalue weighted by Gasteiger charge is -2.26. The van der Waals surface area contributed by atoms with Crippen LogP contribution in [0.25, 0.3) is 0 Å². The van der Waals surface area contributed by atoms with Crippen LogP contribution in [0.2, 0.25) is 5.02 Å². The summed E-state index contributed by atoms with van der Waals surface area (Å²) in [5.41, 5.74) is 6.04. The third-order valence-corrected chi connectivity index (χ3v) is 3.92. The Morgan fingerprint density at radius 2 is 2.06 bits per heavy atom. The molecule has 3 N–H and O–H groups in total. The SMILES string of the molecule is Cl.NC1(C(=O)O)CCCC1Cc1ccc(Cl)cc1. The van der Waals surface area contributed by atoms with Crippen LogP contribution >= 0.6 is 24.0 Å². The highest BCUT2D eigenvalue weighted by Gasteiger charge is 2.45. The van der Waals surface area contributed by atoms with Crippen LogP contribution in [0.4, 0.5) is 0 Å². The predicted molar refractivity (Wildman–Crippen MR) is 74.3 cm³/mol. The minimum absolute atomic E-state index is 0. The number of nitrogens with two attached hydrogens (primary N) is 1. The Morgan fingerprint density at radius 1 is 1.44 bits per heavy atom. The predicted octanol–water partition coefficient (Wildman–Crippen LogP) is 2.89. The molecule has 1 saturated carbocycles. The zero-order valence-electron chi connectivity index (χ0n) is 9.93. The molecule has 0 amide bonds. The summed E-state index contributed by atoms with van der Waals surface area (Å²) in [6.07, 6.45) is 3.05. The topological polar surface area (TPSA) is 63.3 Å². The fourth-order valence-electron chi connectivity index (χ4n) is 2.57. The average Bonchev–Trinajstić information content (AvgIpc) is 2.65. The molecule has 3 nitrogen and oxygen atoms in total. The molecule has 0 spiro atoms. The lowest BCUT2D eigenvalue weighted by atomic mass is 9.83. The standard InChI is InChI=1S/C13H16ClNO2.ClH/c14-11-5-3-9(4-6-11)8-10-2-1-7-13(10,15)12(16)17;/h3-6,10H,1-2,7-8,15H2,(H,16,17);1H. The summed E-state index contributed by atoms with van der Waals surface area (Å²) in [6, 6.07) is 7.52. The Bertz CT molecular complexity index is 422. The van der Waals surface area contributed by atoms with E-state index in [2.05, 4.69) is 0 Å². The summed E-state index contributed by atoms with van der Waals surface area (Å²) < 4.78 is 0. The van der Waals surface area contributed by atoms with E-state index in [9.17, 15) is 9.90 Å². The summed E-state index contributed by atoms with van der Waals surface area (Å²) in [4.78, 5) is 11.2. The first kappa shape index (κ1) is 15.3. The lowest BCUT2D eigenvalue weighted by molar-refractivity contribution is -0.144. The Morgan fingerprint density at radius 3 is 2.61 bits per heavy atom. The molecule has 0 bridgehead atoms. The molecule has 1 aliphatic carbocycles. The van der Waals surface area contributed by atoms with Crippen molar-refractivity contribution in [3.63, 3.8) is 0 Å². The number of carbonyl (C=O) groups is 1. The van der Waals surface area contributed by atoms with E-state index in [0.717, 1.165) is 18.4 Å². The van der Waals surface area contributed by atoms with Crippen LogP contribution in [0.3, 0.4) is 0 Å². The van der Waals surface area contributed by atoms with Crippen molar-refractivity contribution in [2.24, 2.45) is 11.7 Å². The van der Waals surface area contributed by atoms with Crippen molar-refractivity contribution in [1.29, 1.82) is 0 Å². The molecule has 2 unspecified atom stereocenters. The van der Waals surface area contributed by atoms with Gasteiger partial charge in [0.15, 0.2) is 0 Å². The summed E-state index contributed by atoms with van der Waals surface area (Å²) in [5.74, 6) is -0.866. The zero-order valence-corrected chi connectivity index (χ0v) is 11.5. The van der Waals surface area contributed by atoms with Crippen molar-refractivity contribution in [2.75, 3.05) is 0 Å². The highest BCUT2D eigenvalue weighted by molar-refractivity contribution is 6.30. The van der Waals surface area contributed by atoms with Gasteiger partial charge in [-0.1, -0.05) is 30.2 Å². The van der Waals surface area contributed by atoms with Gasteiger partial charge in [0.25, 0.3) is 0 Å². The largest absolute Gasteiger partial charge is 0.480 e. The number of aliphatic carboxylic acids is 1. The molecule has 5 heteroatoms. The van der Waals surface area contributed by atoms with Gasteiger partial charge >= 0.3 is 5.97 Å². The van der Waals surface area contributed by atoms with Gasteiger partial charge in [-0.2, -0.15) is 0 Å². The van der Waals surface area contributed by atoms with Gasteiger partial charge in [0.1, 0.15) is 5.54 Å². The second-order valence-corrected chi connectivity index (χ2v) is 5.20. The van der Waals surface area contributed by atoms with E-state index in [1.54, 1.807) is 0 Å². The molecule has 2 rings (SSSR count). The van der Waals surface area contributed by atoms with Crippen molar-refractivity contribution >= 4 is 30.0 Å². The van der Waals surface area contributed by atoms with Crippen LogP contribution in [-0.4, -0.2) is 16.6 Å². The van der Waals surface area contributed by atoms with Gasteiger partial charge in [-0.3, -0.25) is 4.79 Å². The normalized spacial score (nSPS) is 26.7. The highest BCUT2D eigenvalue weighted by atomic mass is 35.5. The van der Waals surface area contributed by atoms with E-state index in [1.807, 2.05) is 24.3 Å². The third-order valence-electron chi connectivity index (χ3n) is 3.67. The Balaban J connectivity index is 0.00000162. The van der Waals surface area contributed by atoms with Crippen LogP contribution in [-0.2, 0) is 11.2 Å². The number of rotatable bonds is 3. The van der Waals surface area contributed by atoms with Crippen LogP contribution < -0.4 is 5.73 Å². The molecule has 100 valence electrons. The van der Waals surface area contributed by atoms with Crippen LogP contribution in [0.5, 0.6) is 0 Å². The van der Waals surface area contributed by atoms with Crippen molar-refractivity contribution in [2.45, 2.75) is 31.2 Å². The molecule has 2 atom stereocenters. The van der Waals surface area contributed by atoms with Gasteiger partial charge < -0.3 is 10.8 Å². The van der Waals surface area contributed by atoms with Gasteiger partial charge in [-0.05, 0) is 42.9 Å². The second-order valence-electron chi connectivity index (χ2n) is 4.77. The van der Waals surface area contributed by atoms with Gasteiger partial charge in [0.2, 0.25) is 0 Å². The monoisotopic (exact) mass is 289 g/mol. The van der Waals surface area contributed by atoms with Crippen molar-refractivity contribution in [1.82, 2.24) is 0 Å². The quantitative estimate of drug-likeness (QED) is 0.899. The zero-order chi connectivity index (χ0) is 12.5. The minimum Gasteiger partial charge on any atom is -0.480 e. The maximum atomic E-state index is 11.2. The lowest BCUT2D eigenvalue weighted by Crippen LogP contribution is -2.51. The Kier molecular flexibility index (Phi) is 5.02. The molecule has 1 aliphatic rings. The number of hydrogen-bond acceptors (Lipinski definition) is 2. The smallest absolute Gasteiger partial charge is 0.323 e. The second kappa shape index (κ2) is 5.91. The Labute approximate surface area is 118 Å². The van der Waals surface area contributed by atoms with E-state index in [-0.39, 0.29) is 18.3 Å². The molecule has 1 fully saturated rings. The van der Waals surface area contributed by atoms with E-state index >= 15 is 0 Å². The van der Waals surface area contributed by atoms with Gasteiger partial charge in [0.05, 0.1) is 0 Å². The van der Waals surface area contributed by atoms with Crippen molar-refractivity contribution in [3.8, 4) is 0 Å². The molecule has 0 saturated heterocycles. The van der Waals surface area contributed by atoms with E-state index in [1.165, 1.54) is 0 Å². The molecule has 0 heterocycles. The van der Waals surface area contributed by atoms with Gasteiger partial charge in [-0.15, -0.1) is 12.4 Å². The number of benzene rings is 1. The molecular formula is C13H17Cl2NO2. The van der Waals surface area contributed by atoms with Crippen LogP contribution in [0, 0.1) is 5.92 Å². The van der Waals surface area contributed by atoms with Crippen LogP contribution in [0.15, 0.2) is 24.3 Å². The maximum absolute atomic E-state index is 11.2. The minimum atomic E-state index is -1.06. The summed E-state index contributed by atoms with van der Waals surface area (Å²) in [5, 5.41) is 9.91. The molecule has 0 radical (unpaired) electrons. The fourth-order valence-corrected chi connectivity index (χ4v) is 2.70. The first-order valence-electron chi connectivity index (χ1n) is 5.79. The third kappa shape index (κ3) is 2.97. The van der Waals surface area contributed by atoms with E-state index in [0.29, 0.717) is 17.9 Å². The molecule has 1 aromatic carbocycles. The van der Waals surface area contributed by atoms with Gasteiger partial charge in [0, 0.05) is 5.02 Å². The maximum Gasteiger partial charge on any atom is 0.323 e. The summed E-state index contributed by atoms with van der Waals surface area (Å²) >= 11 is 5.82. The van der Waals surface area contributed by atoms with E-state index in [4.69, 9.17) is 17.3 Å². The van der Waals surface area contributed by atoms with Crippen molar-refractivity contribution in [3.05, 3.63) is 34.9 Å². The van der Waals surface area contributed by atoms with Crippen LogP contribution in [0.1, 0.15) is 24.8 Å². The van der Waals surface area contributed by atoms with E-state index < -0.39 is 11.5 Å². The molecule has 18 heavy (non-hydrogen) atoms. The summed E-state index contributed by atoms with van der Waals surface area (Å²) in [6.45, 7) is 0. The highest BCUT2D eigenvalue weighted by Crippen LogP contribution is 2.36. The molecular weight excluding hydrogens is 273 g/mol. The summed E-state index contributed by atoms with van der Waals surface area (Å²) in [7, 11) is 0. The average molecular weight is 290 g/mol. The Hall–Kier alpha value is -0.770. The first-order chi connectivity index (χ1) is 8.02. The first-order valence-corrected chi connectivity index (χ1v) is 6.17. The number of carboxylic acids is 1. The number of halogens is 2. The molecule has 0 aliphatic heterocycles. The molecule has 1 aromatic rings. The molecule has 0 aromatic heterocycles. The number of carboxylic acid groups (broad SMARTS) is 1. The van der Waals surface area contributed by atoms with Crippen molar-refractivity contribution < 1.29 is 9.90 Å². The van der Waals surface area contributed by atoms with Gasteiger partial charge in [-0.25, -0.2) is 0 Å². The fraction of sp³-hybridized carbons (Fsp3) is 0.462. The number of hydrogen-bond donors (Lipinski definition) is 2.